The Morgan fingerprint density at radius 1 is 1.15 bits per heavy atom. The van der Waals surface area contributed by atoms with E-state index < -0.39 is 5.82 Å². The molecule has 0 saturated heterocycles. The number of carbonyl (C=O) groups is 1. The maximum atomic E-state index is 13.5. The van der Waals surface area contributed by atoms with Crippen molar-refractivity contribution in [3.8, 4) is 0 Å². The summed E-state index contributed by atoms with van der Waals surface area (Å²) in [7, 11) is 0. The van der Waals surface area contributed by atoms with Gasteiger partial charge in [-0.15, -0.1) is 0 Å². The molecule has 0 N–H and O–H groups in total. The van der Waals surface area contributed by atoms with Gasteiger partial charge in [0.1, 0.15) is 17.3 Å². The van der Waals surface area contributed by atoms with Gasteiger partial charge >= 0.3 is 0 Å². The SMILES string of the molecule is O=C(c1cccc(F)c1)N1N=C(c2ccco2)C[C@H]1c1ccc(Cl)cc1. The van der Waals surface area contributed by atoms with Crippen LogP contribution in [0.15, 0.2) is 76.4 Å². The number of hydrazone groups is 1. The summed E-state index contributed by atoms with van der Waals surface area (Å²) in [6, 6.07) is 16.1. The van der Waals surface area contributed by atoms with Crippen molar-refractivity contribution < 1.29 is 13.6 Å². The fraction of sp³-hybridized carbons (Fsp3) is 0.100. The van der Waals surface area contributed by atoms with Crippen molar-refractivity contribution >= 4 is 23.2 Å². The van der Waals surface area contributed by atoms with Gasteiger partial charge in [0.05, 0.1) is 12.3 Å². The topological polar surface area (TPSA) is 45.8 Å². The fourth-order valence-corrected chi connectivity index (χ4v) is 3.11. The lowest BCUT2D eigenvalue weighted by atomic mass is 10.0. The number of rotatable bonds is 3. The number of amides is 1. The van der Waals surface area contributed by atoms with Crippen molar-refractivity contribution in [2.75, 3.05) is 0 Å². The molecule has 1 aliphatic rings. The Balaban J connectivity index is 1.73. The average Bonchev–Trinajstić information content (AvgIpc) is 3.31. The minimum Gasteiger partial charge on any atom is -0.463 e. The van der Waals surface area contributed by atoms with Crippen molar-refractivity contribution in [3.63, 3.8) is 0 Å². The Bertz CT molecular complexity index is 968. The molecule has 0 saturated carbocycles. The van der Waals surface area contributed by atoms with Crippen LogP contribution in [0.25, 0.3) is 0 Å². The summed E-state index contributed by atoms with van der Waals surface area (Å²) >= 11 is 5.97. The van der Waals surface area contributed by atoms with Gasteiger partial charge in [-0.25, -0.2) is 9.40 Å². The minimum atomic E-state index is -0.465. The molecule has 0 radical (unpaired) electrons. The van der Waals surface area contributed by atoms with Crippen molar-refractivity contribution in [1.82, 2.24) is 5.01 Å². The van der Waals surface area contributed by atoms with E-state index in [-0.39, 0.29) is 17.5 Å². The van der Waals surface area contributed by atoms with Crippen LogP contribution < -0.4 is 0 Å². The molecule has 2 heterocycles. The number of carbonyl (C=O) groups excluding carboxylic acids is 1. The molecule has 3 aromatic rings. The molecule has 0 bridgehead atoms. The van der Waals surface area contributed by atoms with Crippen LogP contribution in [0.3, 0.4) is 0 Å². The van der Waals surface area contributed by atoms with E-state index in [2.05, 4.69) is 5.10 Å². The monoisotopic (exact) mass is 368 g/mol. The Morgan fingerprint density at radius 2 is 1.96 bits per heavy atom. The molecule has 0 aliphatic carbocycles. The van der Waals surface area contributed by atoms with Gasteiger partial charge in [-0.3, -0.25) is 4.79 Å². The quantitative estimate of drug-likeness (QED) is 0.648. The highest BCUT2D eigenvalue weighted by Gasteiger charge is 2.34. The molecule has 26 heavy (non-hydrogen) atoms. The second-order valence-electron chi connectivity index (χ2n) is 5.96. The van der Waals surface area contributed by atoms with Crippen LogP contribution in [0.4, 0.5) is 4.39 Å². The highest BCUT2D eigenvalue weighted by molar-refractivity contribution is 6.30. The van der Waals surface area contributed by atoms with Crippen molar-refractivity contribution in [1.29, 1.82) is 0 Å². The second-order valence-corrected chi connectivity index (χ2v) is 6.39. The molecule has 4 nitrogen and oxygen atoms in total. The van der Waals surface area contributed by atoms with Crippen molar-refractivity contribution in [2.24, 2.45) is 5.10 Å². The van der Waals surface area contributed by atoms with E-state index in [1.165, 1.54) is 23.2 Å². The van der Waals surface area contributed by atoms with Gasteiger partial charge in [0, 0.05) is 17.0 Å². The minimum absolute atomic E-state index is 0.244. The zero-order chi connectivity index (χ0) is 18.1. The van der Waals surface area contributed by atoms with E-state index >= 15 is 0 Å². The van der Waals surface area contributed by atoms with E-state index in [0.29, 0.717) is 22.9 Å². The number of halogens is 2. The zero-order valence-electron chi connectivity index (χ0n) is 13.6. The highest BCUT2D eigenvalue weighted by Crippen LogP contribution is 2.34. The normalized spacial score (nSPS) is 16.6. The molecular formula is C20H14ClFN2O2. The van der Waals surface area contributed by atoms with Gasteiger partial charge in [0.25, 0.3) is 5.91 Å². The van der Waals surface area contributed by atoms with Crippen LogP contribution in [0.1, 0.15) is 34.1 Å². The maximum absolute atomic E-state index is 13.5. The summed E-state index contributed by atoms with van der Waals surface area (Å²) in [6.07, 6.45) is 2.06. The van der Waals surface area contributed by atoms with Crippen molar-refractivity contribution in [2.45, 2.75) is 12.5 Å². The molecule has 1 atom stereocenters. The molecule has 2 aromatic carbocycles. The van der Waals surface area contributed by atoms with E-state index in [0.717, 1.165) is 5.56 Å². The van der Waals surface area contributed by atoms with Gasteiger partial charge in [0.2, 0.25) is 0 Å². The molecule has 1 amide bonds. The Hall–Kier alpha value is -2.92. The lowest BCUT2D eigenvalue weighted by molar-refractivity contribution is 0.0710. The van der Waals surface area contributed by atoms with Crippen LogP contribution in [-0.4, -0.2) is 16.6 Å². The zero-order valence-corrected chi connectivity index (χ0v) is 14.4. The van der Waals surface area contributed by atoms with Gasteiger partial charge in [-0.1, -0.05) is 29.8 Å². The summed E-state index contributed by atoms with van der Waals surface area (Å²) < 4.78 is 19.0. The van der Waals surface area contributed by atoms with Gasteiger partial charge in [0.15, 0.2) is 0 Å². The summed E-state index contributed by atoms with van der Waals surface area (Å²) in [6.45, 7) is 0. The van der Waals surface area contributed by atoms with E-state index in [1.807, 2.05) is 12.1 Å². The molecular weight excluding hydrogens is 355 g/mol. The van der Waals surface area contributed by atoms with E-state index in [9.17, 15) is 9.18 Å². The summed E-state index contributed by atoms with van der Waals surface area (Å²) in [4.78, 5) is 13.0. The third kappa shape index (κ3) is 3.13. The number of hydrogen-bond acceptors (Lipinski definition) is 3. The molecule has 0 spiro atoms. The molecule has 130 valence electrons. The summed E-state index contributed by atoms with van der Waals surface area (Å²) in [5.74, 6) is -0.224. The third-order valence-corrected chi connectivity index (χ3v) is 4.50. The first-order chi connectivity index (χ1) is 12.6. The predicted molar refractivity (Wildman–Crippen MR) is 96.6 cm³/mol. The molecule has 0 unspecified atom stereocenters. The molecule has 1 aliphatic heterocycles. The predicted octanol–water partition coefficient (Wildman–Crippen LogP) is 5.06. The van der Waals surface area contributed by atoms with Crippen molar-refractivity contribution in [3.05, 3.63) is 94.7 Å². The Morgan fingerprint density at radius 3 is 2.65 bits per heavy atom. The smallest absolute Gasteiger partial charge is 0.274 e. The Kier molecular flexibility index (Phi) is 4.31. The standard InChI is InChI=1S/C20H14ClFN2O2/c21-15-8-6-13(7-9-15)18-12-17(19-5-2-10-26-19)23-24(18)20(25)14-3-1-4-16(22)11-14/h1-11,18H,12H2/t18-/m0/s1. The van der Waals surface area contributed by atoms with Gasteiger partial charge in [-0.05, 0) is 48.0 Å². The first-order valence-corrected chi connectivity index (χ1v) is 8.45. The maximum Gasteiger partial charge on any atom is 0.274 e. The van der Waals surface area contributed by atoms with Crippen LogP contribution >= 0.6 is 11.6 Å². The first-order valence-electron chi connectivity index (χ1n) is 8.08. The second kappa shape index (κ2) is 6.77. The van der Waals surface area contributed by atoms with E-state index in [1.54, 1.807) is 36.6 Å². The molecule has 6 heteroatoms. The summed E-state index contributed by atoms with van der Waals surface area (Å²) in [5.41, 5.74) is 1.80. The summed E-state index contributed by atoms with van der Waals surface area (Å²) in [5, 5.41) is 6.47. The number of furan rings is 1. The lowest BCUT2D eigenvalue weighted by Crippen LogP contribution is -2.27. The van der Waals surface area contributed by atoms with Crippen LogP contribution in [0.2, 0.25) is 5.02 Å². The number of benzene rings is 2. The van der Waals surface area contributed by atoms with E-state index in [4.69, 9.17) is 16.0 Å². The first kappa shape index (κ1) is 16.5. The highest BCUT2D eigenvalue weighted by atomic mass is 35.5. The fourth-order valence-electron chi connectivity index (χ4n) is 2.99. The van der Waals surface area contributed by atoms with Gasteiger partial charge in [-0.2, -0.15) is 5.10 Å². The lowest BCUT2D eigenvalue weighted by Gasteiger charge is -2.22. The molecule has 1 aromatic heterocycles. The average molecular weight is 369 g/mol. The largest absolute Gasteiger partial charge is 0.463 e. The Labute approximate surface area is 154 Å². The number of nitrogens with zero attached hydrogens (tertiary/aromatic N) is 2. The van der Waals surface area contributed by atoms with Crippen LogP contribution in [0.5, 0.6) is 0 Å². The van der Waals surface area contributed by atoms with Crippen LogP contribution in [-0.2, 0) is 0 Å². The molecule has 4 rings (SSSR count). The van der Waals surface area contributed by atoms with Gasteiger partial charge < -0.3 is 4.42 Å². The van der Waals surface area contributed by atoms with Crippen LogP contribution in [0, 0.1) is 5.82 Å². The number of hydrogen-bond donors (Lipinski definition) is 0. The third-order valence-electron chi connectivity index (χ3n) is 4.25. The molecule has 0 fully saturated rings.